The maximum Gasteiger partial charge on any atom is 0.134 e. The highest BCUT2D eigenvalue weighted by atomic mass is 16.3. The average molecular weight is 675 g/mol. The van der Waals surface area contributed by atoms with Crippen LogP contribution in [-0.4, -0.2) is 0 Å². The minimum absolute atomic E-state index is 0.955. The van der Waals surface area contributed by atoms with Crippen LogP contribution in [0.1, 0.15) is 17.7 Å². The second-order valence-electron chi connectivity index (χ2n) is 14.4. The van der Waals surface area contributed by atoms with Gasteiger partial charge in [0.1, 0.15) is 11.3 Å². The lowest BCUT2D eigenvalue weighted by atomic mass is 9.88. The zero-order chi connectivity index (χ0) is 34.9. The number of benzene rings is 9. The van der Waals surface area contributed by atoms with Crippen LogP contribution in [0.3, 0.4) is 0 Å². The molecule has 0 saturated heterocycles. The second-order valence-corrected chi connectivity index (χ2v) is 14.4. The van der Waals surface area contributed by atoms with Crippen LogP contribution in [0.2, 0.25) is 0 Å². The molecule has 248 valence electrons. The summed E-state index contributed by atoms with van der Waals surface area (Å²) in [6, 6.07) is 62.8. The Hall–Kier alpha value is -6.70. The van der Waals surface area contributed by atoms with E-state index in [1.807, 2.05) is 0 Å². The lowest BCUT2D eigenvalue weighted by Crippen LogP contribution is -1.90. The van der Waals surface area contributed by atoms with Gasteiger partial charge >= 0.3 is 0 Å². The monoisotopic (exact) mass is 674 g/mol. The molecule has 0 bridgehead atoms. The van der Waals surface area contributed by atoms with Crippen molar-refractivity contribution in [2.75, 3.05) is 0 Å². The molecule has 0 unspecified atom stereocenters. The molecule has 1 aliphatic rings. The Balaban J connectivity index is 1.09. The molecule has 11 rings (SSSR count). The van der Waals surface area contributed by atoms with Crippen molar-refractivity contribution in [3.05, 3.63) is 187 Å². The van der Waals surface area contributed by atoms with Crippen LogP contribution in [0.25, 0.3) is 105 Å². The van der Waals surface area contributed by atoms with Crippen LogP contribution >= 0.6 is 0 Å². The summed E-state index contributed by atoms with van der Waals surface area (Å²) in [5.41, 5.74) is 11.9. The van der Waals surface area contributed by atoms with Gasteiger partial charge in [0.15, 0.2) is 0 Å². The van der Waals surface area contributed by atoms with Crippen molar-refractivity contribution in [2.24, 2.45) is 0 Å². The van der Waals surface area contributed by atoms with Gasteiger partial charge in [-0.25, -0.2) is 0 Å². The summed E-state index contributed by atoms with van der Waals surface area (Å²) in [6.45, 7) is 0. The minimum Gasteiger partial charge on any atom is -0.460 e. The quantitative estimate of drug-likeness (QED) is 0.169. The van der Waals surface area contributed by atoms with E-state index in [9.17, 15) is 0 Å². The van der Waals surface area contributed by atoms with E-state index < -0.39 is 0 Å². The third kappa shape index (κ3) is 5.08. The maximum absolute atomic E-state index is 6.30. The number of hydrogen-bond acceptors (Lipinski definition) is 1. The number of allylic oxidation sites excluding steroid dienone is 1. The highest BCUT2D eigenvalue weighted by Gasteiger charge is 2.17. The fourth-order valence-electron chi connectivity index (χ4n) is 8.51. The third-order valence-corrected chi connectivity index (χ3v) is 11.2. The van der Waals surface area contributed by atoms with Gasteiger partial charge in [0.05, 0.1) is 0 Å². The van der Waals surface area contributed by atoms with E-state index in [4.69, 9.17) is 4.42 Å². The minimum atomic E-state index is 0.955. The van der Waals surface area contributed by atoms with Gasteiger partial charge in [-0.05, 0) is 149 Å². The number of furan rings is 1. The molecule has 0 atom stereocenters. The van der Waals surface area contributed by atoms with E-state index in [1.165, 1.54) is 98.5 Å². The Kier molecular flexibility index (Phi) is 6.75. The Bertz CT molecular complexity index is 3120. The van der Waals surface area contributed by atoms with Gasteiger partial charge in [-0.15, -0.1) is 0 Å². The van der Waals surface area contributed by atoms with Crippen LogP contribution in [0, 0.1) is 0 Å². The molecule has 1 aromatic heterocycles. The first kappa shape index (κ1) is 30.0. The lowest BCUT2D eigenvalue weighted by Gasteiger charge is -2.15. The van der Waals surface area contributed by atoms with Crippen LogP contribution < -0.4 is 0 Å². The average Bonchev–Trinajstić information content (AvgIpc) is 3.61. The summed E-state index contributed by atoms with van der Waals surface area (Å²) < 4.78 is 6.30. The summed E-state index contributed by atoms with van der Waals surface area (Å²) >= 11 is 0. The number of hydrogen-bond donors (Lipinski definition) is 0. The smallest absolute Gasteiger partial charge is 0.134 e. The normalized spacial score (nSPS) is 12.7. The summed E-state index contributed by atoms with van der Waals surface area (Å²) in [5, 5.41) is 11.2. The van der Waals surface area contributed by atoms with E-state index in [2.05, 4.69) is 182 Å². The van der Waals surface area contributed by atoms with Gasteiger partial charge in [-0.1, -0.05) is 127 Å². The molecule has 0 amide bonds. The SMILES string of the molecule is C1=Cc2c(oc3ccc(-c4cc(-c5ccc6cc(-c7ccc8ccccc8c7)ccc6c5)cc(-c5cc6ccccc6c6ccccc56)c4)cc23)CC1. The van der Waals surface area contributed by atoms with Crippen LogP contribution in [0.4, 0.5) is 0 Å². The summed E-state index contributed by atoms with van der Waals surface area (Å²) in [7, 11) is 0. The van der Waals surface area contributed by atoms with Crippen molar-refractivity contribution >= 4 is 60.1 Å². The first-order valence-corrected chi connectivity index (χ1v) is 18.5. The molecule has 1 aliphatic carbocycles. The predicted octanol–water partition coefficient (Wildman–Crippen LogP) is 14.7. The molecule has 0 fully saturated rings. The van der Waals surface area contributed by atoms with Crippen LogP contribution in [-0.2, 0) is 6.42 Å². The van der Waals surface area contributed by atoms with Crippen LogP contribution in [0.15, 0.2) is 180 Å². The van der Waals surface area contributed by atoms with Crippen molar-refractivity contribution < 1.29 is 4.42 Å². The van der Waals surface area contributed by atoms with E-state index in [-0.39, 0.29) is 0 Å². The number of fused-ring (bicyclic) bond motifs is 8. The Morgan fingerprint density at radius 3 is 1.66 bits per heavy atom. The predicted molar refractivity (Wildman–Crippen MR) is 225 cm³/mol. The van der Waals surface area contributed by atoms with Gasteiger partial charge in [0.25, 0.3) is 0 Å². The summed E-state index contributed by atoms with van der Waals surface area (Å²) in [5.74, 6) is 1.09. The Morgan fingerprint density at radius 2 is 0.906 bits per heavy atom. The molecular weight excluding hydrogens is 641 g/mol. The number of aryl methyl sites for hydroxylation is 1. The molecule has 0 radical (unpaired) electrons. The van der Waals surface area contributed by atoms with Gasteiger partial charge in [0, 0.05) is 17.4 Å². The fraction of sp³-hybridized carbons (Fsp3) is 0.0385. The largest absolute Gasteiger partial charge is 0.460 e. The fourth-order valence-corrected chi connectivity index (χ4v) is 8.51. The molecule has 0 aliphatic heterocycles. The molecule has 53 heavy (non-hydrogen) atoms. The van der Waals surface area contributed by atoms with Crippen molar-refractivity contribution in [3.63, 3.8) is 0 Å². The molecule has 1 nitrogen and oxygen atoms in total. The lowest BCUT2D eigenvalue weighted by molar-refractivity contribution is 0.546. The van der Waals surface area contributed by atoms with Crippen molar-refractivity contribution in [1.29, 1.82) is 0 Å². The van der Waals surface area contributed by atoms with Crippen molar-refractivity contribution in [3.8, 4) is 44.5 Å². The Labute approximate surface area is 308 Å². The van der Waals surface area contributed by atoms with Gasteiger partial charge < -0.3 is 4.42 Å². The van der Waals surface area contributed by atoms with Crippen LogP contribution in [0.5, 0.6) is 0 Å². The first-order valence-electron chi connectivity index (χ1n) is 18.5. The van der Waals surface area contributed by atoms with Gasteiger partial charge in [-0.3, -0.25) is 0 Å². The van der Waals surface area contributed by atoms with Gasteiger partial charge in [0.2, 0.25) is 0 Å². The second kappa shape index (κ2) is 11.9. The third-order valence-electron chi connectivity index (χ3n) is 11.2. The summed E-state index contributed by atoms with van der Waals surface area (Å²) in [4.78, 5) is 0. The topological polar surface area (TPSA) is 13.1 Å². The maximum atomic E-state index is 6.30. The van der Waals surface area contributed by atoms with E-state index >= 15 is 0 Å². The first-order chi connectivity index (χ1) is 26.2. The molecule has 0 saturated carbocycles. The van der Waals surface area contributed by atoms with E-state index in [1.54, 1.807) is 0 Å². The number of rotatable bonds is 4. The van der Waals surface area contributed by atoms with E-state index in [0.717, 1.165) is 24.2 Å². The van der Waals surface area contributed by atoms with Crippen molar-refractivity contribution in [2.45, 2.75) is 12.8 Å². The van der Waals surface area contributed by atoms with Crippen molar-refractivity contribution in [1.82, 2.24) is 0 Å². The highest BCUT2D eigenvalue weighted by Crippen LogP contribution is 2.41. The highest BCUT2D eigenvalue weighted by molar-refractivity contribution is 6.14. The summed E-state index contributed by atoms with van der Waals surface area (Å²) in [6.07, 6.45) is 6.48. The molecular formula is C52H34O. The standard InChI is InChI=1S/C52H34O/c1-2-10-34-25-35(18-17-33(34)9-1)36-19-20-38-27-39(22-21-37(38)26-36)42-28-43(40-23-24-52-50(31-40)48-15-7-8-16-51(48)53-52)30-44(29-42)49-32-41-11-3-4-12-45(41)46-13-5-6-14-47(46)49/h1-7,9-15,17-32H,8,16H2. The molecule has 0 spiro atoms. The molecule has 1 heterocycles. The molecule has 0 N–H and O–H groups in total. The Morgan fingerprint density at radius 1 is 0.358 bits per heavy atom. The zero-order valence-electron chi connectivity index (χ0n) is 29.1. The molecule has 1 heteroatoms. The van der Waals surface area contributed by atoms with E-state index in [0.29, 0.717) is 0 Å². The van der Waals surface area contributed by atoms with Gasteiger partial charge in [-0.2, -0.15) is 0 Å². The molecule has 10 aromatic rings. The molecule has 9 aromatic carbocycles. The zero-order valence-corrected chi connectivity index (χ0v) is 29.1.